The standard InChI is InChI=1S/C24H38N4O.HI/c1-25-24(26-17-22-21-10-6-5-7-18(21)11-12-23(22)29)27-19-13-15-28(16-14-19)20-8-3-2-4-9-20;/h11-12,19-20,29H,2-10,13-17H2,1H3,(H2,25,26,27);1H. The Balaban J connectivity index is 0.00000256. The third-order valence-corrected chi connectivity index (χ3v) is 7.24. The number of rotatable bonds is 4. The number of nitrogens with zero attached hydrogens (tertiary/aromatic N) is 2. The van der Waals surface area contributed by atoms with E-state index in [4.69, 9.17) is 0 Å². The van der Waals surface area contributed by atoms with Crippen LogP contribution in [0, 0.1) is 0 Å². The van der Waals surface area contributed by atoms with Crippen LogP contribution in [-0.2, 0) is 19.4 Å². The second-order valence-corrected chi connectivity index (χ2v) is 9.08. The van der Waals surface area contributed by atoms with Crippen LogP contribution < -0.4 is 10.6 Å². The Hall–Kier alpha value is -1.02. The summed E-state index contributed by atoms with van der Waals surface area (Å²) in [7, 11) is 1.84. The molecule has 0 bridgehead atoms. The van der Waals surface area contributed by atoms with Gasteiger partial charge in [-0.15, -0.1) is 24.0 Å². The zero-order valence-electron chi connectivity index (χ0n) is 18.5. The van der Waals surface area contributed by atoms with E-state index in [2.05, 4.69) is 26.6 Å². The Labute approximate surface area is 199 Å². The van der Waals surface area contributed by atoms with Gasteiger partial charge in [-0.3, -0.25) is 4.99 Å². The summed E-state index contributed by atoms with van der Waals surface area (Å²) in [5.74, 6) is 1.27. The zero-order valence-corrected chi connectivity index (χ0v) is 20.8. The van der Waals surface area contributed by atoms with Gasteiger partial charge in [-0.1, -0.05) is 25.3 Å². The number of guanidine groups is 1. The number of likely N-dealkylation sites (tertiary alicyclic amines) is 1. The Kier molecular flexibility index (Phi) is 9.11. The van der Waals surface area contributed by atoms with Gasteiger partial charge in [0, 0.05) is 44.3 Å². The van der Waals surface area contributed by atoms with Gasteiger partial charge < -0.3 is 20.6 Å². The lowest BCUT2D eigenvalue weighted by Gasteiger charge is -2.39. The van der Waals surface area contributed by atoms with Crippen LogP contribution in [0.3, 0.4) is 0 Å². The second-order valence-electron chi connectivity index (χ2n) is 9.08. The molecule has 1 aromatic rings. The van der Waals surface area contributed by atoms with Crippen LogP contribution in [0.25, 0.3) is 0 Å². The van der Waals surface area contributed by atoms with Gasteiger partial charge in [-0.25, -0.2) is 0 Å². The first-order valence-corrected chi connectivity index (χ1v) is 11.8. The molecule has 168 valence electrons. The minimum absolute atomic E-state index is 0. The maximum Gasteiger partial charge on any atom is 0.191 e. The van der Waals surface area contributed by atoms with Crippen LogP contribution in [0.2, 0.25) is 0 Å². The summed E-state index contributed by atoms with van der Waals surface area (Å²) in [5.41, 5.74) is 3.81. The van der Waals surface area contributed by atoms with Crippen molar-refractivity contribution in [3.8, 4) is 5.75 Å². The van der Waals surface area contributed by atoms with E-state index in [1.165, 1.54) is 82.0 Å². The Morgan fingerprint density at radius 1 is 1.03 bits per heavy atom. The number of aliphatic imine (C=N–C) groups is 1. The third-order valence-electron chi connectivity index (χ3n) is 7.24. The number of aryl methyl sites for hydroxylation is 1. The summed E-state index contributed by atoms with van der Waals surface area (Å²) in [6, 6.07) is 5.27. The minimum Gasteiger partial charge on any atom is -0.508 e. The molecule has 2 aliphatic carbocycles. The molecule has 1 heterocycles. The summed E-state index contributed by atoms with van der Waals surface area (Å²) >= 11 is 0. The van der Waals surface area contributed by atoms with E-state index in [1.54, 1.807) is 0 Å². The van der Waals surface area contributed by atoms with Crippen LogP contribution >= 0.6 is 24.0 Å². The molecule has 4 rings (SSSR count). The SMILES string of the molecule is CN=C(NCc1c(O)ccc2c1CCCC2)NC1CCN(C2CCCCC2)CC1.I. The monoisotopic (exact) mass is 526 g/mol. The molecule has 0 amide bonds. The van der Waals surface area contributed by atoms with Gasteiger partial charge in [-0.2, -0.15) is 0 Å². The van der Waals surface area contributed by atoms with Crippen molar-refractivity contribution < 1.29 is 5.11 Å². The molecule has 30 heavy (non-hydrogen) atoms. The highest BCUT2D eigenvalue weighted by Crippen LogP contribution is 2.30. The highest BCUT2D eigenvalue weighted by atomic mass is 127. The summed E-state index contributed by atoms with van der Waals surface area (Å²) in [5, 5.41) is 17.5. The zero-order chi connectivity index (χ0) is 20.1. The Morgan fingerprint density at radius 3 is 2.50 bits per heavy atom. The maximum absolute atomic E-state index is 10.4. The van der Waals surface area contributed by atoms with E-state index in [9.17, 15) is 5.11 Å². The number of benzene rings is 1. The lowest BCUT2D eigenvalue weighted by molar-refractivity contribution is 0.119. The van der Waals surface area contributed by atoms with E-state index in [0.29, 0.717) is 18.3 Å². The molecular weight excluding hydrogens is 487 g/mol. The third kappa shape index (κ3) is 5.81. The first-order chi connectivity index (χ1) is 14.2. The molecule has 0 unspecified atom stereocenters. The Morgan fingerprint density at radius 2 is 1.77 bits per heavy atom. The summed E-state index contributed by atoms with van der Waals surface area (Å²) in [6.07, 6.45) is 14.1. The van der Waals surface area contributed by atoms with Gasteiger partial charge in [0.05, 0.1) is 0 Å². The van der Waals surface area contributed by atoms with Crippen molar-refractivity contribution in [1.29, 1.82) is 0 Å². The molecule has 6 heteroatoms. The molecule has 5 nitrogen and oxygen atoms in total. The normalized spacial score (nSPS) is 21.6. The Bertz CT molecular complexity index is 709. The molecule has 0 aromatic heterocycles. The average Bonchev–Trinajstić information content (AvgIpc) is 2.78. The van der Waals surface area contributed by atoms with Gasteiger partial charge in [0.1, 0.15) is 5.75 Å². The number of nitrogens with one attached hydrogen (secondary N) is 2. The molecule has 1 saturated carbocycles. The molecule has 0 atom stereocenters. The molecule has 0 radical (unpaired) electrons. The van der Waals surface area contributed by atoms with E-state index in [0.717, 1.165) is 30.4 Å². The average molecular weight is 527 g/mol. The number of hydrogen-bond acceptors (Lipinski definition) is 3. The highest BCUT2D eigenvalue weighted by molar-refractivity contribution is 14.0. The number of hydrogen-bond donors (Lipinski definition) is 3. The highest BCUT2D eigenvalue weighted by Gasteiger charge is 2.26. The van der Waals surface area contributed by atoms with Gasteiger partial charge in [0.15, 0.2) is 5.96 Å². The van der Waals surface area contributed by atoms with E-state index in [-0.39, 0.29) is 24.0 Å². The number of phenols is 1. The summed E-state index contributed by atoms with van der Waals surface area (Å²) in [4.78, 5) is 7.17. The first kappa shape index (κ1) is 23.6. The van der Waals surface area contributed by atoms with Crippen LogP contribution in [0.5, 0.6) is 5.75 Å². The van der Waals surface area contributed by atoms with Crippen molar-refractivity contribution >= 4 is 29.9 Å². The molecule has 3 aliphatic rings. The van der Waals surface area contributed by atoms with E-state index >= 15 is 0 Å². The van der Waals surface area contributed by atoms with Crippen LogP contribution in [0.4, 0.5) is 0 Å². The van der Waals surface area contributed by atoms with Crippen LogP contribution in [0.1, 0.15) is 74.5 Å². The molecular formula is C24H39IN4O. The van der Waals surface area contributed by atoms with Gasteiger partial charge >= 0.3 is 0 Å². The smallest absolute Gasteiger partial charge is 0.191 e. The number of piperidine rings is 1. The maximum atomic E-state index is 10.4. The van der Waals surface area contributed by atoms with Gasteiger partial charge in [0.25, 0.3) is 0 Å². The first-order valence-electron chi connectivity index (χ1n) is 11.8. The van der Waals surface area contributed by atoms with Crippen molar-refractivity contribution in [3.05, 3.63) is 28.8 Å². The number of halogens is 1. The van der Waals surface area contributed by atoms with Crippen LogP contribution in [0.15, 0.2) is 17.1 Å². The molecule has 3 N–H and O–H groups in total. The van der Waals surface area contributed by atoms with Crippen molar-refractivity contribution in [3.63, 3.8) is 0 Å². The fourth-order valence-electron chi connectivity index (χ4n) is 5.50. The lowest BCUT2D eigenvalue weighted by atomic mass is 9.88. The van der Waals surface area contributed by atoms with E-state index < -0.39 is 0 Å². The number of aromatic hydroxyl groups is 1. The lowest BCUT2D eigenvalue weighted by Crippen LogP contribution is -2.50. The number of phenolic OH excluding ortho intramolecular Hbond substituents is 1. The fourth-order valence-corrected chi connectivity index (χ4v) is 5.50. The van der Waals surface area contributed by atoms with Gasteiger partial charge in [-0.05, 0) is 68.6 Å². The van der Waals surface area contributed by atoms with Crippen molar-refractivity contribution in [1.82, 2.24) is 15.5 Å². The molecule has 1 aromatic carbocycles. The summed E-state index contributed by atoms with van der Waals surface area (Å²) in [6.45, 7) is 3.04. The van der Waals surface area contributed by atoms with Crippen LogP contribution in [-0.4, -0.2) is 48.2 Å². The van der Waals surface area contributed by atoms with Gasteiger partial charge in [0.2, 0.25) is 0 Å². The van der Waals surface area contributed by atoms with Crippen molar-refractivity contribution in [2.24, 2.45) is 4.99 Å². The van der Waals surface area contributed by atoms with Crippen molar-refractivity contribution in [2.45, 2.75) is 89.3 Å². The topological polar surface area (TPSA) is 59.9 Å². The quantitative estimate of drug-likeness (QED) is 0.310. The number of fused-ring (bicyclic) bond motifs is 1. The molecule has 1 saturated heterocycles. The largest absolute Gasteiger partial charge is 0.508 e. The molecule has 0 spiro atoms. The fraction of sp³-hybridized carbons (Fsp3) is 0.708. The predicted octanol–water partition coefficient (Wildman–Crippen LogP) is 4.35. The van der Waals surface area contributed by atoms with Crippen molar-refractivity contribution in [2.75, 3.05) is 20.1 Å². The molecule has 2 fully saturated rings. The minimum atomic E-state index is 0. The molecule has 1 aliphatic heterocycles. The second kappa shape index (κ2) is 11.6. The predicted molar refractivity (Wildman–Crippen MR) is 135 cm³/mol. The van der Waals surface area contributed by atoms with E-state index in [1.807, 2.05) is 13.1 Å². The summed E-state index contributed by atoms with van der Waals surface area (Å²) < 4.78 is 0.